The van der Waals surface area contributed by atoms with Gasteiger partial charge in [0.15, 0.2) is 5.82 Å². The summed E-state index contributed by atoms with van der Waals surface area (Å²) in [5.41, 5.74) is 1.76. The zero-order valence-electron chi connectivity index (χ0n) is 17.3. The molecule has 1 aromatic carbocycles. The second kappa shape index (κ2) is 8.61. The van der Waals surface area contributed by atoms with Crippen molar-refractivity contribution in [2.24, 2.45) is 11.8 Å². The molecule has 0 spiro atoms. The van der Waals surface area contributed by atoms with Crippen LogP contribution in [0.4, 0.5) is 10.1 Å². The molecule has 6 nitrogen and oxygen atoms in total. The van der Waals surface area contributed by atoms with Gasteiger partial charge in [-0.3, -0.25) is 9.78 Å². The largest absolute Gasteiger partial charge is 0.367 e. The van der Waals surface area contributed by atoms with Gasteiger partial charge in [0.1, 0.15) is 11.0 Å². The molecule has 1 amide bonds. The van der Waals surface area contributed by atoms with E-state index in [2.05, 4.69) is 39.1 Å². The van der Waals surface area contributed by atoms with E-state index >= 15 is 0 Å². The van der Waals surface area contributed by atoms with Crippen molar-refractivity contribution in [2.45, 2.75) is 38.6 Å². The van der Waals surface area contributed by atoms with Crippen LogP contribution >= 0.6 is 0 Å². The number of nitrogens with zero attached hydrogens (tertiary/aromatic N) is 4. The van der Waals surface area contributed by atoms with Gasteiger partial charge < -0.3 is 15.1 Å². The van der Waals surface area contributed by atoms with Crippen molar-refractivity contribution in [3.05, 3.63) is 30.3 Å². The van der Waals surface area contributed by atoms with Gasteiger partial charge >= 0.3 is 0 Å². The fourth-order valence-electron chi connectivity index (χ4n) is 4.73. The quantitative estimate of drug-likeness (QED) is 0.857. The van der Waals surface area contributed by atoms with E-state index in [1.165, 1.54) is 12.3 Å². The van der Waals surface area contributed by atoms with Crippen LogP contribution in [0.25, 0.3) is 11.0 Å². The van der Waals surface area contributed by atoms with E-state index in [-0.39, 0.29) is 17.8 Å². The Balaban J connectivity index is 1.43. The first-order valence-electron chi connectivity index (χ1n) is 10.6. The first kappa shape index (κ1) is 20.0. The molecule has 3 heterocycles. The van der Waals surface area contributed by atoms with E-state index in [1.54, 1.807) is 12.3 Å². The summed E-state index contributed by atoms with van der Waals surface area (Å²) in [6.45, 7) is 5.91. The lowest BCUT2D eigenvalue weighted by Gasteiger charge is -2.38. The Kier molecular flexibility index (Phi) is 5.94. The van der Waals surface area contributed by atoms with Gasteiger partial charge in [-0.2, -0.15) is 0 Å². The Labute approximate surface area is 171 Å². The second-order valence-electron chi connectivity index (χ2n) is 8.78. The molecule has 2 atom stereocenters. The molecule has 29 heavy (non-hydrogen) atoms. The predicted octanol–water partition coefficient (Wildman–Crippen LogP) is 2.83. The van der Waals surface area contributed by atoms with Crippen LogP contribution in [-0.4, -0.2) is 60.0 Å². The molecule has 2 aromatic rings. The second-order valence-corrected chi connectivity index (χ2v) is 8.78. The number of benzene rings is 1. The first-order valence-corrected chi connectivity index (χ1v) is 10.6. The Bertz CT molecular complexity index is 867. The SMILES string of the molecule is C[C@H]1C[C@@H](NC(=O)CC2CCN(C)CC2)CN(c2ccc(F)c3nccnc23)C1. The standard InChI is InChI=1S/C22H30FN5O/c1-15-11-17(26-20(29)12-16-5-9-27(2)10-6-16)14-28(13-15)19-4-3-18(23)21-22(19)25-8-7-24-21/h3-4,7-8,15-17H,5-6,9-14H2,1-2H3,(H,26,29)/t15-,17+/m0/s1. The van der Waals surface area contributed by atoms with E-state index in [0.717, 1.165) is 44.6 Å². The fraction of sp³-hybridized carbons (Fsp3) is 0.591. The number of carbonyl (C=O) groups excluding carboxylic acids is 1. The number of hydrogen-bond acceptors (Lipinski definition) is 5. The molecule has 2 saturated heterocycles. The van der Waals surface area contributed by atoms with Crippen LogP contribution in [0.1, 0.15) is 32.6 Å². The van der Waals surface area contributed by atoms with Gasteiger partial charge in [0.25, 0.3) is 0 Å². The van der Waals surface area contributed by atoms with E-state index < -0.39 is 0 Å². The summed E-state index contributed by atoms with van der Waals surface area (Å²) in [6, 6.07) is 3.33. The Morgan fingerprint density at radius 1 is 1.17 bits per heavy atom. The smallest absolute Gasteiger partial charge is 0.220 e. The third kappa shape index (κ3) is 4.66. The molecule has 156 valence electrons. The molecule has 0 aliphatic carbocycles. The minimum absolute atomic E-state index is 0.0919. The summed E-state index contributed by atoms with van der Waals surface area (Å²) in [6.07, 6.45) is 6.87. The van der Waals surface area contributed by atoms with Crippen molar-refractivity contribution < 1.29 is 9.18 Å². The summed E-state index contributed by atoms with van der Waals surface area (Å²) in [4.78, 5) is 25.7. The van der Waals surface area contributed by atoms with Crippen molar-refractivity contribution in [3.8, 4) is 0 Å². The predicted molar refractivity (Wildman–Crippen MR) is 112 cm³/mol. The number of nitrogens with one attached hydrogen (secondary N) is 1. The summed E-state index contributed by atoms with van der Waals surface area (Å²) in [5, 5.41) is 3.26. The van der Waals surface area contributed by atoms with Crippen LogP contribution in [-0.2, 0) is 4.79 Å². The summed E-state index contributed by atoms with van der Waals surface area (Å²) in [7, 11) is 2.14. The zero-order valence-corrected chi connectivity index (χ0v) is 17.3. The highest BCUT2D eigenvalue weighted by Gasteiger charge is 2.28. The topological polar surface area (TPSA) is 61.4 Å². The highest BCUT2D eigenvalue weighted by molar-refractivity contribution is 5.88. The Hall–Kier alpha value is -2.28. The van der Waals surface area contributed by atoms with Gasteiger partial charge in [-0.25, -0.2) is 9.37 Å². The molecule has 0 radical (unpaired) electrons. The molecule has 2 fully saturated rings. The average Bonchev–Trinajstić information content (AvgIpc) is 2.70. The highest BCUT2D eigenvalue weighted by Crippen LogP contribution is 2.30. The molecule has 1 aromatic heterocycles. The maximum atomic E-state index is 14.1. The molecule has 0 bridgehead atoms. The monoisotopic (exact) mass is 399 g/mol. The van der Waals surface area contributed by atoms with Crippen LogP contribution in [0.15, 0.2) is 24.5 Å². The van der Waals surface area contributed by atoms with Crippen molar-refractivity contribution >= 4 is 22.6 Å². The molecular formula is C22H30FN5O. The van der Waals surface area contributed by atoms with Crippen molar-refractivity contribution in [2.75, 3.05) is 38.1 Å². The lowest BCUT2D eigenvalue weighted by atomic mass is 9.92. The number of amides is 1. The number of piperidine rings is 2. The normalized spacial score (nSPS) is 24.0. The Morgan fingerprint density at radius 3 is 2.66 bits per heavy atom. The lowest BCUT2D eigenvalue weighted by molar-refractivity contribution is -0.123. The number of rotatable bonds is 4. The third-order valence-corrected chi connectivity index (χ3v) is 6.23. The van der Waals surface area contributed by atoms with Crippen LogP contribution in [0.3, 0.4) is 0 Å². The first-order chi connectivity index (χ1) is 14.0. The van der Waals surface area contributed by atoms with Crippen molar-refractivity contribution in [3.63, 3.8) is 0 Å². The lowest BCUT2D eigenvalue weighted by Crippen LogP contribution is -2.51. The third-order valence-electron chi connectivity index (χ3n) is 6.23. The molecular weight excluding hydrogens is 369 g/mol. The maximum absolute atomic E-state index is 14.1. The van der Waals surface area contributed by atoms with Crippen LogP contribution in [0.5, 0.6) is 0 Å². The number of hydrogen-bond donors (Lipinski definition) is 1. The van der Waals surface area contributed by atoms with Gasteiger partial charge in [-0.1, -0.05) is 6.92 Å². The van der Waals surface area contributed by atoms with Gasteiger partial charge in [-0.15, -0.1) is 0 Å². The van der Waals surface area contributed by atoms with Gasteiger partial charge in [-0.05, 0) is 63.4 Å². The van der Waals surface area contributed by atoms with Crippen molar-refractivity contribution in [1.29, 1.82) is 0 Å². The molecule has 1 N–H and O–H groups in total. The molecule has 0 saturated carbocycles. The minimum Gasteiger partial charge on any atom is -0.367 e. The van der Waals surface area contributed by atoms with E-state index in [9.17, 15) is 9.18 Å². The number of halogens is 1. The molecule has 4 rings (SSSR count). The van der Waals surface area contributed by atoms with Gasteiger partial charge in [0.2, 0.25) is 5.91 Å². The molecule has 7 heteroatoms. The maximum Gasteiger partial charge on any atom is 0.220 e. The number of anilines is 1. The molecule has 2 aliphatic heterocycles. The summed E-state index contributed by atoms with van der Waals surface area (Å²) >= 11 is 0. The fourth-order valence-corrected chi connectivity index (χ4v) is 4.73. The number of aromatic nitrogens is 2. The highest BCUT2D eigenvalue weighted by atomic mass is 19.1. The molecule has 2 aliphatic rings. The number of carbonyl (C=O) groups is 1. The summed E-state index contributed by atoms with van der Waals surface area (Å²) in [5.74, 6) is 0.709. The van der Waals surface area contributed by atoms with E-state index in [1.807, 2.05) is 0 Å². The van der Waals surface area contributed by atoms with E-state index in [4.69, 9.17) is 0 Å². The zero-order chi connectivity index (χ0) is 20.4. The Morgan fingerprint density at radius 2 is 1.90 bits per heavy atom. The van der Waals surface area contributed by atoms with Crippen molar-refractivity contribution in [1.82, 2.24) is 20.2 Å². The minimum atomic E-state index is -0.357. The van der Waals surface area contributed by atoms with Crippen LogP contribution in [0.2, 0.25) is 0 Å². The van der Waals surface area contributed by atoms with Crippen LogP contribution < -0.4 is 10.2 Å². The number of likely N-dealkylation sites (tertiary alicyclic amines) is 1. The summed E-state index contributed by atoms with van der Waals surface area (Å²) < 4.78 is 14.1. The van der Waals surface area contributed by atoms with Crippen LogP contribution in [0, 0.1) is 17.7 Å². The number of fused-ring (bicyclic) bond motifs is 1. The van der Waals surface area contributed by atoms with E-state index in [0.29, 0.717) is 35.8 Å². The van der Waals surface area contributed by atoms with Gasteiger partial charge in [0, 0.05) is 37.9 Å². The average molecular weight is 400 g/mol. The van der Waals surface area contributed by atoms with Gasteiger partial charge in [0.05, 0.1) is 5.69 Å². The molecule has 0 unspecified atom stereocenters.